The molecule has 1 aliphatic heterocycles. The smallest absolute Gasteiger partial charge is 0.292 e. The third-order valence-electron chi connectivity index (χ3n) is 6.33. The van der Waals surface area contributed by atoms with Crippen LogP contribution in [0.15, 0.2) is 66.7 Å². The third kappa shape index (κ3) is 5.92. The van der Waals surface area contributed by atoms with Crippen LogP contribution in [-0.2, 0) is 6.54 Å². The number of hydrogen-bond acceptors (Lipinski definition) is 5. The number of carbonyl (C=O) groups excluding carboxylic acids is 1. The van der Waals surface area contributed by atoms with Gasteiger partial charge in [0.2, 0.25) is 0 Å². The fourth-order valence-electron chi connectivity index (χ4n) is 4.18. The normalized spacial score (nSPS) is 13.7. The van der Waals surface area contributed by atoms with E-state index < -0.39 is 0 Å². The van der Waals surface area contributed by atoms with E-state index >= 15 is 0 Å². The molecule has 0 radical (unpaired) electrons. The van der Waals surface area contributed by atoms with Gasteiger partial charge in [0.25, 0.3) is 11.6 Å². The minimum atomic E-state index is -0.364. The van der Waals surface area contributed by atoms with Crippen molar-refractivity contribution in [3.05, 3.63) is 98.6 Å². The predicted molar refractivity (Wildman–Crippen MR) is 141 cm³/mol. The maximum atomic E-state index is 12.8. The first-order valence-electron chi connectivity index (χ1n) is 11.7. The topological polar surface area (TPSA) is 78.7 Å². The molecule has 7 nitrogen and oxygen atoms in total. The van der Waals surface area contributed by atoms with Crippen LogP contribution in [0, 0.1) is 10.1 Å². The number of nitrogens with zero attached hydrogens (tertiary/aromatic N) is 3. The first kappa shape index (κ1) is 24.5. The van der Waals surface area contributed by atoms with E-state index in [0.29, 0.717) is 54.9 Å². The SMILES string of the molecule is CC(C)c1ccc(CNc2cc(N3CCN(C(=O)c4ccc(Cl)cc4)CC3)ccc2[N+](=O)[O-])cc1. The van der Waals surface area contributed by atoms with Crippen molar-refractivity contribution in [3.8, 4) is 0 Å². The lowest BCUT2D eigenvalue weighted by Gasteiger charge is -2.36. The Morgan fingerprint density at radius 3 is 2.26 bits per heavy atom. The van der Waals surface area contributed by atoms with E-state index in [4.69, 9.17) is 11.6 Å². The second-order valence-corrected chi connectivity index (χ2v) is 9.43. The highest BCUT2D eigenvalue weighted by Gasteiger charge is 2.24. The summed E-state index contributed by atoms with van der Waals surface area (Å²) in [5, 5.41) is 15.5. The summed E-state index contributed by atoms with van der Waals surface area (Å²) in [6.45, 7) is 7.23. The van der Waals surface area contributed by atoms with Gasteiger partial charge in [0.05, 0.1) is 4.92 Å². The van der Waals surface area contributed by atoms with E-state index in [0.717, 1.165) is 11.3 Å². The summed E-state index contributed by atoms with van der Waals surface area (Å²) in [6, 6.07) is 20.4. The Labute approximate surface area is 210 Å². The number of piperazine rings is 1. The lowest BCUT2D eigenvalue weighted by atomic mass is 10.0. The number of nitro groups is 1. The van der Waals surface area contributed by atoms with Gasteiger partial charge in [-0.25, -0.2) is 0 Å². The van der Waals surface area contributed by atoms with E-state index in [-0.39, 0.29) is 16.5 Å². The van der Waals surface area contributed by atoms with Crippen molar-refractivity contribution in [2.45, 2.75) is 26.3 Å². The second kappa shape index (κ2) is 10.8. The molecular weight excluding hydrogens is 464 g/mol. The summed E-state index contributed by atoms with van der Waals surface area (Å²) < 4.78 is 0. The van der Waals surface area contributed by atoms with Gasteiger partial charge in [0.15, 0.2) is 0 Å². The summed E-state index contributed by atoms with van der Waals surface area (Å²) >= 11 is 5.93. The van der Waals surface area contributed by atoms with E-state index in [2.05, 4.69) is 48.3 Å². The summed E-state index contributed by atoms with van der Waals surface area (Å²) in [5.74, 6) is 0.438. The number of nitrogens with one attached hydrogen (secondary N) is 1. The van der Waals surface area contributed by atoms with Crippen molar-refractivity contribution in [3.63, 3.8) is 0 Å². The molecule has 182 valence electrons. The second-order valence-electron chi connectivity index (χ2n) is 8.99. The van der Waals surface area contributed by atoms with Gasteiger partial charge in [0.1, 0.15) is 5.69 Å². The molecule has 1 amide bonds. The largest absolute Gasteiger partial charge is 0.375 e. The molecule has 0 spiro atoms. The van der Waals surface area contributed by atoms with Crippen molar-refractivity contribution in [2.24, 2.45) is 0 Å². The zero-order valence-corrected chi connectivity index (χ0v) is 20.7. The van der Waals surface area contributed by atoms with E-state index in [1.54, 1.807) is 36.4 Å². The monoisotopic (exact) mass is 492 g/mol. The number of rotatable bonds is 7. The van der Waals surface area contributed by atoms with E-state index in [1.807, 2.05) is 11.0 Å². The first-order valence-corrected chi connectivity index (χ1v) is 12.1. The summed E-state index contributed by atoms with van der Waals surface area (Å²) in [7, 11) is 0. The molecule has 0 atom stereocenters. The molecule has 35 heavy (non-hydrogen) atoms. The molecule has 0 bridgehead atoms. The van der Waals surface area contributed by atoms with Gasteiger partial charge in [-0.05, 0) is 53.4 Å². The van der Waals surface area contributed by atoms with E-state index in [9.17, 15) is 14.9 Å². The number of amides is 1. The van der Waals surface area contributed by atoms with Gasteiger partial charge in [-0.2, -0.15) is 0 Å². The Bertz CT molecular complexity index is 1190. The van der Waals surface area contributed by atoms with Crippen LogP contribution in [0.4, 0.5) is 17.1 Å². The molecule has 1 fully saturated rings. The highest BCUT2D eigenvalue weighted by Crippen LogP contribution is 2.31. The molecule has 1 N–H and O–H groups in total. The molecule has 1 saturated heterocycles. The quantitative estimate of drug-likeness (QED) is 0.326. The van der Waals surface area contributed by atoms with Crippen molar-refractivity contribution in [2.75, 3.05) is 36.4 Å². The summed E-state index contributed by atoms with van der Waals surface area (Å²) in [5.41, 5.74) is 4.36. The Balaban J connectivity index is 1.43. The molecule has 0 unspecified atom stereocenters. The molecule has 4 rings (SSSR count). The Kier molecular flexibility index (Phi) is 7.56. The predicted octanol–water partition coefficient (Wildman–Crippen LogP) is 5.95. The van der Waals surface area contributed by atoms with Gasteiger partial charge in [0, 0.05) is 55.1 Å². The number of hydrogen-bond donors (Lipinski definition) is 1. The highest BCUT2D eigenvalue weighted by atomic mass is 35.5. The molecular formula is C27H29ClN4O3. The maximum absolute atomic E-state index is 12.8. The lowest BCUT2D eigenvalue weighted by molar-refractivity contribution is -0.384. The zero-order valence-electron chi connectivity index (χ0n) is 19.9. The van der Waals surface area contributed by atoms with Crippen LogP contribution in [0.1, 0.15) is 41.3 Å². The molecule has 0 aromatic heterocycles. The number of carbonyl (C=O) groups is 1. The minimum absolute atomic E-state index is 0.0177. The van der Waals surface area contributed by atoms with Crippen LogP contribution in [0.3, 0.4) is 0 Å². The molecule has 8 heteroatoms. The standard InChI is InChI=1S/C27H29ClN4O3/c1-19(2)21-5-3-20(4-6-21)18-29-25-17-24(11-12-26(25)32(34)35)30-13-15-31(16-14-30)27(33)22-7-9-23(28)10-8-22/h3-12,17,19,29H,13-16,18H2,1-2H3. The van der Waals surface area contributed by atoms with Crippen LogP contribution in [-0.4, -0.2) is 41.9 Å². The molecule has 1 heterocycles. The fourth-order valence-corrected chi connectivity index (χ4v) is 4.31. The van der Waals surface area contributed by atoms with Gasteiger partial charge >= 0.3 is 0 Å². The van der Waals surface area contributed by atoms with Gasteiger partial charge in [-0.1, -0.05) is 49.7 Å². The number of halogens is 1. The van der Waals surface area contributed by atoms with Crippen LogP contribution in [0.2, 0.25) is 5.02 Å². The average Bonchev–Trinajstić information content (AvgIpc) is 2.87. The summed E-state index contributed by atoms with van der Waals surface area (Å²) in [6.07, 6.45) is 0. The Hall–Kier alpha value is -3.58. The third-order valence-corrected chi connectivity index (χ3v) is 6.58. The average molecular weight is 493 g/mol. The number of benzene rings is 3. The first-order chi connectivity index (χ1) is 16.8. The van der Waals surface area contributed by atoms with Crippen molar-refractivity contribution >= 4 is 34.6 Å². The van der Waals surface area contributed by atoms with Crippen molar-refractivity contribution < 1.29 is 9.72 Å². The lowest BCUT2D eigenvalue weighted by Crippen LogP contribution is -2.48. The molecule has 0 aliphatic carbocycles. The van der Waals surface area contributed by atoms with Crippen molar-refractivity contribution in [1.82, 2.24) is 4.90 Å². The van der Waals surface area contributed by atoms with Crippen molar-refractivity contribution in [1.29, 1.82) is 0 Å². The van der Waals surface area contributed by atoms with Crippen LogP contribution in [0.25, 0.3) is 0 Å². The minimum Gasteiger partial charge on any atom is -0.375 e. The van der Waals surface area contributed by atoms with Crippen LogP contribution < -0.4 is 10.2 Å². The van der Waals surface area contributed by atoms with E-state index in [1.165, 1.54) is 5.56 Å². The number of nitro benzene ring substituents is 1. The maximum Gasteiger partial charge on any atom is 0.292 e. The van der Waals surface area contributed by atoms with Gasteiger partial charge < -0.3 is 15.1 Å². The Morgan fingerprint density at radius 2 is 1.66 bits per heavy atom. The number of anilines is 2. The van der Waals surface area contributed by atoms with Crippen LogP contribution in [0.5, 0.6) is 0 Å². The highest BCUT2D eigenvalue weighted by molar-refractivity contribution is 6.30. The van der Waals surface area contributed by atoms with Gasteiger partial charge in [-0.3, -0.25) is 14.9 Å². The summed E-state index contributed by atoms with van der Waals surface area (Å²) in [4.78, 5) is 28.0. The molecule has 1 aliphatic rings. The Morgan fingerprint density at radius 1 is 1.00 bits per heavy atom. The molecule has 3 aromatic carbocycles. The zero-order chi connectivity index (χ0) is 24.9. The molecule has 0 saturated carbocycles. The van der Waals surface area contributed by atoms with Crippen LogP contribution >= 0.6 is 11.6 Å². The van der Waals surface area contributed by atoms with Gasteiger partial charge in [-0.15, -0.1) is 0 Å². The molecule has 3 aromatic rings. The fraction of sp³-hybridized carbons (Fsp3) is 0.296.